The highest BCUT2D eigenvalue weighted by Gasteiger charge is 2.33. The molecule has 1 amide bonds. The first-order valence-electron chi connectivity index (χ1n) is 5.98. The maximum Gasteiger partial charge on any atom is 0.222 e. The molecule has 92 valence electrons. The van der Waals surface area contributed by atoms with Gasteiger partial charge >= 0.3 is 0 Å². The zero-order valence-corrected chi connectivity index (χ0v) is 10.4. The van der Waals surface area contributed by atoms with Crippen molar-refractivity contribution in [3.8, 4) is 0 Å². The lowest BCUT2D eigenvalue weighted by Crippen LogP contribution is -2.29. The number of aromatic nitrogens is 1. The number of carbonyl (C=O) groups excluding carboxylic acids is 1. The third kappa shape index (κ3) is 2.82. The minimum absolute atomic E-state index is 0.00670. The molecule has 2 N–H and O–H groups in total. The standard InChI is InChI=1S/C13H19N3O/c1-9-3-11(5-15-4-9)7-16-6-10(2)12(8-16)13(14)17/h3-5,10,12H,6-8H2,1-2H3,(H2,14,17)/t10-,12-/m1/s1. The van der Waals surface area contributed by atoms with E-state index < -0.39 is 0 Å². The van der Waals surface area contributed by atoms with Crippen molar-refractivity contribution in [1.29, 1.82) is 0 Å². The third-order valence-corrected chi connectivity index (χ3v) is 3.39. The van der Waals surface area contributed by atoms with Gasteiger partial charge in [-0.25, -0.2) is 0 Å². The van der Waals surface area contributed by atoms with Crippen molar-refractivity contribution in [1.82, 2.24) is 9.88 Å². The molecular formula is C13H19N3O. The molecule has 2 heterocycles. The van der Waals surface area contributed by atoms with E-state index in [9.17, 15) is 4.79 Å². The summed E-state index contributed by atoms with van der Waals surface area (Å²) < 4.78 is 0. The zero-order chi connectivity index (χ0) is 12.4. The summed E-state index contributed by atoms with van der Waals surface area (Å²) in [6.07, 6.45) is 3.73. The first kappa shape index (κ1) is 12.0. The van der Waals surface area contributed by atoms with Crippen molar-refractivity contribution >= 4 is 5.91 Å². The minimum Gasteiger partial charge on any atom is -0.369 e. The normalized spacial score (nSPS) is 25.1. The van der Waals surface area contributed by atoms with Crippen molar-refractivity contribution in [3.05, 3.63) is 29.6 Å². The first-order chi connectivity index (χ1) is 8.06. The topological polar surface area (TPSA) is 59.2 Å². The van der Waals surface area contributed by atoms with E-state index in [2.05, 4.69) is 22.9 Å². The molecule has 2 rings (SSSR count). The molecule has 1 saturated heterocycles. The summed E-state index contributed by atoms with van der Waals surface area (Å²) >= 11 is 0. The second kappa shape index (κ2) is 4.84. The predicted octanol–water partition coefficient (Wildman–Crippen LogP) is 0.943. The van der Waals surface area contributed by atoms with Gasteiger partial charge in [-0.3, -0.25) is 14.7 Å². The van der Waals surface area contributed by atoms with Crippen molar-refractivity contribution in [3.63, 3.8) is 0 Å². The first-order valence-corrected chi connectivity index (χ1v) is 5.98. The molecule has 0 aromatic carbocycles. The number of nitrogens with zero attached hydrogens (tertiary/aromatic N) is 2. The number of likely N-dealkylation sites (tertiary alicyclic amines) is 1. The number of aryl methyl sites for hydroxylation is 1. The van der Waals surface area contributed by atoms with E-state index >= 15 is 0 Å². The lowest BCUT2D eigenvalue weighted by Gasteiger charge is -2.15. The van der Waals surface area contributed by atoms with Crippen molar-refractivity contribution in [2.75, 3.05) is 13.1 Å². The Morgan fingerprint density at radius 2 is 2.29 bits per heavy atom. The van der Waals surface area contributed by atoms with Gasteiger partial charge in [-0.15, -0.1) is 0 Å². The van der Waals surface area contributed by atoms with Gasteiger partial charge in [0.2, 0.25) is 5.91 Å². The van der Waals surface area contributed by atoms with Gasteiger partial charge in [-0.2, -0.15) is 0 Å². The molecule has 17 heavy (non-hydrogen) atoms. The molecular weight excluding hydrogens is 214 g/mol. The molecule has 1 fully saturated rings. The molecule has 1 aliphatic heterocycles. The fourth-order valence-corrected chi connectivity index (χ4v) is 2.53. The molecule has 0 spiro atoms. The maximum absolute atomic E-state index is 11.2. The number of hydrogen-bond acceptors (Lipinski definition) is 3. The summed E-state index contributed by atoms with van der Waals surface area (Å²) in [7, 11) is 0. The Kier molecular flexibility index (Phi) is 3.43. The number of pyridine rings is 1. The predicted molar refractivity (Wildman–Crippen MR) is 66.1 cm³/mol. The molecule has 4 nitrogen and oxygen atoms in total. The number of amides is 1. The monoisotopic (exact) mass is 233 g/mol. The lowest BCUT2D eigenvalue weighted by atomic mass is 9.98. The quantitative estimate of drug-likeness (QED) is 0.845. The Morgan fingerprint density at radius 1 is 1.53 bits per heavy atom. The Bertz CT molecular complexity index is 419. The van der Waals surface area contributed by atoms with Crippen molar-refractivity contribution in [2.45, 2.75) is 20.4 Å². The summed E-state index contributed by atoms with van der Waals surface area (Å²) in [5, 5.41) is 0. The minimum atomic E-state index is -0.178. The van der Waals surface area contributed by atoms with Gasteiger partial charge in [0.1, 0.15) is 0 Å². The van der Waals surface area contributed by atoms with Crippen LogP contribution in [0.3, 0.4) is 0 Å². The maximum atomic E-state index is 11.2. The second-order valence-corrected chi connectivity index (χ2v) is 5.05. The number of primary amides is 1. The highest BCUT2D eigenvalue weighted by molar-refractivity contribution is 5.77. The van der Waals surface area contributed by atoms with Crippen LogP contribution in [-0.4, -0.2) is 28.9 Å². The Labute approximate surface area is 102 Å². The molecule has 1 aliphatic rings. The second-order valence-electron chi connectivity index (χ2n) is 5.05. The van der Waals surface area contributed by atoms with Gasteiger partial charge in [0, 0.05) is 32.0 Å². The van der Waals surface area contributed by atoms with Crippen LogP contribution >= 0.6 is 0 Å². The van der Waals surface area contributed by atoms with Crippen LogP contribution in [0.25, 0.3) is 0 Å². The molecule has 1 aromatic rings. The van der Waals surface area contributed by atoms with Gasteiger partial charge < -0.3 is 5.73 Å². The summed E-state index contributed by atoms with van der Waals surface area (Å²) in [6, 6.07) is 2.13. The number of hydrogen-bond donors (Lipinski definition) is 1. The lowest BCUT2D eigenvalue weighted by molar-refractivity contribution is -0.122. The van der Waals surface area contributed by atoms with Gasteiger partial charge in [0.25, 0.3) is 0 Å². The summed E-state index contributed by atoms with van der Waals surface area (Å²) in [4.78, 5) is 17.7. The van der Waals surface area contributed by atoms with E-state index in [1.54, 1.807) is 0 Å². The van der Waals surface area contributed by atoms with E-state index in [1.807, 2.05) is 19.3 Å². The van der Waals surface area contributed by atoms with E-state index in [-0.39, 0.29) is 11.8 Å². The Balaban J connectivity index is 2.00. The van der Waals surface area contributed by atoms with Crippen LogP contribution in [0.1, 0.15) is 18.1 Å². The molecule has 0 saturated carbocycles. The van der Waals surface area contributed by atoms with E-state index in [4.69, 9.17) is 5.73 Å². The van der Waals surface area contributed by atoms with Crippen LogP contribution in [-0.2, 0) is 11.3 Å². The van der Waals surface area contributed by atoms with E-state index in [0.717, 1.165) is 19.6 Å². The van der Waals surface area contributed by atoms with Crippen LogP contribution in [0.4, 0.5) is 0 Å². The number of nitrogens with two attached hydrogens (primary N) is 1. The molecule has 0 bridgehead atoms. The fourth-order valence-electron chi connectivity index (χ4n) is 2.53. The van der Waals surface area contributed by atoms with E-state index in [0.29, 0.717) is 5.92 Å². The molecule has 4 heteroatoms. The van der Waals surface area contributed by atoms with Crippen LogP contribution in [0, 0.1) is 18.8 Å². The smallest absolute Gasteiger partial charge is 0.222 e. The van der Waals surface area contributed by atoms with Crippen molar-refractivity contribution in [2.24, 2.45) is 17.6 Å². The zero-order valence-electron chi connectivity index (χ0n) is 10.4. The molecule has 1 aromatic heterocycles. The highest BCUT2D eigenvalue weighted by atomic mass is 16.1. The van der Waals surface area contributed by atoms with Crippen molar-refractivity contribution < 1.29 is 4.79 Å². The highest BCUT2D eigenvalue weighted by Crippen LogP contribution is 2.24. The SMILES string of the molecule is Cc1cncc(CN2C[C@@H](C)[C@H](C(N)=O)C2)c1. The van der Waals surface area contributed by atoms with Crippen LogP contribution in [0.15, 0.2) is 18.5 Å². The van der Waals surface area contributed by atoms with Crippen LogP contribution in [0.5, 0.6) is 0 Å². The average Bonchev–Trinajstić information content (AvgIpc) is 2.59. The van der Waals surface area contributed by atoms with Gasteiger partial charge in [-0.1, -0.05) is 13.0 Å². The van der Waals surface area contributed by atoms with Crippen LogP contribution < -0.4 is 5.73 Å². The number of carbonyl (C=O) groups is 1. The summed E-state index contributed by atoms with van der Waals surface area (Å²) in [5.41, 5.74) is 7.75. The van der Waals surface area contributed by atoms with E-state index in [1.165, 1.54) is 11.1 Å². The largest absolute Gasteiger partial charge is 0.369 e. The Morgan fingerprint density at radius 3 is 2.88 bits per heavy atom. The summed E-state index contributed by atoms with van der Waals surface area (Å²) in [5.74, 6) is 0.167. The summed E-state index contributed by atoms with van der Waals surface area (Å²) in [6.45, 7) is 6.67. The van der Waals surface area contributed by atoms with Crippen LogP contribution in [0.2, 0.25) is 0 Å². The van der Waals surface area contributed by atoms with Gasteiger partial charge in [0.15, 0.2) is 0 Å². The third-order valence-electron chi connectivity index (χ3n) is 3.39. The molecule has 0 unspecified atom stereocenters. The molecule has 0 aliphatic carbocycles. The fraction of sp³-hybridized carbons (Fsp3) is 0.538. The van der Waals surface area contributed by atoms with Gasteiger partial charge in [0.05, 0.1) is 5.92 Å². The molecule has 0 radical (unpaired) electrons. The number of rotatable bonds is 3. The molecule has 2 atom stereocenters. The van der Waals surface area contributed by atoms with Gasteiger partial charge in [-0.05, 0) is 24.0 Å². The Hall–Kier alpha value is -1.42. The average molecular weight is 233 g/mol.